The van der Waals surface area contributed by atoms with Gasteiger partial charge in [-0.1, -0.05) is 24.3 Å². The van der Waals surface area contributed by atoms with Crippen LogP contribution in [0.1, 0.15) is 29.5 Å². The summed E-state index contributed by atoms with van der Waals surface area (Å²) in [6, 6.07) is 8.19. The van der Waals surface area contributed by atoms with Gasteiger partial charge >= 0.3 is 0 Å². The summed E-state index contributed by atoms with van der Waals surface area (Å²) in [4.78, 5) is 19.2. The number of aromatic amines is 1. The zero-order chi connectivity index (χ0) is 14.5. The molecule has 0 spiro atoms. The minimum absolute atomic E-state index is 0.0169. The molecule has 5 heteroatoms. The second-order valence-corrected chi connectivity index (χ2v) is 5.15. The van der Waals surface area contributed by atoms with Crippen molar-refractivity contribution in [1.29, 1.82) is 0 Å². The minimum Gasteiger partial charge on any atom is -0.373 e. The molecule has 3 rings (SSSR count). The number of benzene rings is 1. The van der Waals surface area contributed by atoms with Crippen LogP contribution in [0.2, 0.25) is 0 Å². The second kappa shape index (κ2) is 6.54. The first-order valence-electron chi connectivity index (χ1n) is 7.27. The van der Waals surface area contributed by atoms with E-state index in [2.05, 4.69) is 27.4 Å². The maximum atomic E-state index is 12.0. The Hall–Kier alpha value is -2.14. The van der Waals surface area contributed by atoms with Crippen LogP contribution in [0.5, 0.6) is 0 Å². The number of aromatic nitrogens is 2. The van der Waals surface area contributed by atoms with Crippen molar-refractivity contribution in [3.05, 3.63) is 53.6 Å². The first-order chi connectivity index (χ1) is 10.3. The molecule has 2 heterocycles. The molecule has 0 fully saturated rings. The van der Waals surface area contributed by atoms with Gasteiger partial charge < -0.3 is 15.0 Å². The lowest BCUT2D eigenvalue weighted by Gasteiger charge is -2.25. The van der Waals surface area contributed by atoms with Crippen LogP contribution >= 0.6 is 0 Å². The van der Waals surface area contributed by atoms with Crippen LogP contribution in [0.25, 0.3) is 0 Å². The highest BCUT2D eigenvalue weighted by Gasteiger charge is 2.22. The van der Waals surface area contributed by atoms with Crippen molar-refractivity contribution in [1.82, 2.24) is 15.3 Å². The van der Waals surface area contributed by atoms with E-state index >= 15 is 0 Å². The number of amides is 1. The van der Waals surface area contributed by atoms with E-state index in [9.17, 15) is 4.79 Å². The molecule has 1 amide bonds. The van der Waals surface area contributed by atoms with Gasteiger partial charge in [-0.05, 0) is 17.5 Å². The first kappa shape index (κ1) is 13.8. The van der Waals surface area contributed by atoms with E-state index in [4.69, 9.17) is 4.74 Å². The molecule has 1 aromatic heterocycles. The molecule has 0 saturated carbocycles. The summed E-state index contributed by atoms with van der Waals surface area (Å²) in [6.45, 7) is 1.27. The number of rotatable bonds is 5. The molecule has 1 aliphatic heterocycles. The van der Waals surface area contributed by atoms with Gasteiger partial charge in [0.2, 0.25) is 5.91 Å². The molecule has 2 aromatic rings. The number of nitrogens with one attached hydrogen (secondary N) is 2. The Labute approximate surface area is 123 Å². The maximum absolute atomic E-state index is 12.0. The van der Waals surface area contributed by atoms with E-state index in [-0.39, 0.29) is 12.0 Å². The Kier molecular flexibility index (Phi) is 4.31. The number of fused-ring (bicyclic) bond motifs is 1. The first-order valence-corrected chi connectivity index (χ1v) is 7.27. The van der Waals surface area contributed by atoms with Crippen molar-refractivity contribution in [3.8, 4) is 0 Å². The van der Waals surface area contributed by atoms with Crippen molar-refractivity contribution < 1.29 is 9.53 Å². The van der Waals surface area contributed by atoms with E-state index in [0.29, 0.717) is 26.0 Å². The van der Waals surface area contributed by atoms with E-state index in [1.54, 1.807) is 12.4 Å². The van der Waals surface area contributed by atoms with Crippen LogP contribution in [0.3, 0.4) is 0 Å². The SMILES string of the molecule is O=C(C[C@H]1OCCc2ccccc21)NCCc1ncc[nH]1. The number of H-pyrrole nitrogens is 1. The van der Waals surface area contributed by atoms with Gasteiger partial charge in [0.25, 0.3) is 0 Å². The molecular weight excluding hydrogens is 266 g/mol. The number of hydrogen-bond donors (Lipinski definition) is 2. The summed E-state index contributed by atoms with van der Waals surface area (Å²) in [5.41, 5.74) is 2.43. The molecule has 0 saturated heterocycles. The molecule has 1 aromatic carbocycles. The molecular formula is C16H19N3O2. The summed E-state index contributed by atoms with van der Waals surface area (Å²) in [6.07, 6.45) is 5.37. The molecule has 21 heavy (non-hydrogen) atoms. The summed E-state index contributed by atoms with van der Waals surface area (Å²) < 4.78 is 5.75. The van der Waals surface area contributed by atoms with Crippen molar-refractivity contribution in [2.45, 2.75) is 25.4 Å². The Morgan fingerprint density at radius 3 is 3.19 bits per heavy atom. The van der Waals surface area contributed by atoms with Gasteiger partial charge in [-0.25, -0.2) is 4.98 Å². The fourth-order valence-electron chi connectivity index (χ4n) is 2.64. The molecule has 1 atom stereocenters. The topological polar surface area (TPSA) is 67.0 Å². The monoisotopic (exact) mass is 285 g/mol. The van der Waals surface area contributed by atoms with E-state index in [1.807, 2.05) is 12.1 Å². The number of carbonyl (C=O) groups is 1. The Bertz CT molecular complexity index is 595. The van der Waals surface area contributed by atoms with Crippen LogP contribution < -0.4 is 5.32 Å². The number of carbonyl (C=O) groups excluding carboxylic acids is 1. The van der Waals surface area contributed by atoms with Gasteiger partial charge in [-0.2, -0.15) is 0 Å². The molecule has 110 valence electrons. The van der Waals surface area contributed by atoms with Crippen LogP contribution in [0.4, 0.5) is 0 Å². The van der Waals surface area contributed by atoms with E-state index in [1.165, 1.54) is 5.56 Å². The Morgan fingerprint density at radius 2 is 2.33 bits per heavy atom. The van der Waals surface area contributed by atoms with Gasteiger partial charge in [-0.3, -0.25) is 4.79 Å². The van der Waals surface area contributed by atoms with Crippen molar-refractivity contribution >= 4 is 5.91 Å². The highest BCUT2D eigenvalue weighted by atomic mass is 16.5. The van der Waals surface area contributed by atoms with Crippen molar-refractivity contribution in [3.63, 3.8) is 0 Å². The lowest BCUT2D eigenvalue weighted by molar-refractivity contribution is -0.124. The lowest BCUT2D eigenvalue weighted by atomic mass is 9.95. The number of nitrogens with zero attached hydrogens (tertiary/aromatic N) is 1. The van der Waals surface area contributed by atoms with Crippen LogP contribution in [0.15, 0.2) is 36.7 Å². The fraction of sp³-hybridized carbons (Fsp3) is 0.375. The predicted molar refractivity (Wildman–Crippen MR) is 78.8 cm³/mol. The smallest absolute Gasteiger partial charge is 0.222 e. The second-order valence-electron chi connectivity index (χ2n) is 5.15. The third-order valence-corrected chi connectivity index (χ3v) is 3.70. The minimum atomic E-state index is -0.126. The molecule has 1 aliphatic rings. The highest BCUT2D eigenvalue weighted by molar-refractivity contribution is 5.76. The quantitative estimate of drug-likeness (QED) is 0.880. The molecule has 5 nitrogen and oxygen atoms in total. The summed E-state index contributed by atoms with van der Waals surface area (Å²) in [5, 5.41) is 2.92. The lowest BCUT2D eigenvalue weighted by Crippen LogP contribution is -2.29. The van der Waals surface area contributed by atoms with Gasteiger partial charge in [0.1, 0.15) is 5.82 Å². The van der Waals surface area contributed by atoms with Crippen molar-refractivity contribution in [2.75, 3.05) is 13.2 Å². The van der Waals surface area contributed by atoms with Crippen LogP contribution in [0, 0.1) is 0 Å². The largest absolute Gasteiger partial charge is 0.373 e. The summed E-state index contributed by atoms with van der Waals surface area (Å²) >= 11 is 0. The fourth-order valence-corrected chi connectivity index (χ4v) is 2.64. The number of hydrogen-bond acceptors (Lipinski definition) is 3. The average molecular weight is 285 g/mol. The van der Waals surface area contributed by atoms with Gasteiger partial charge in [0.05, 0.1) is 19.1 Å². The average Bonchev–Trinajstić information content (AvgIpc) is 3.01. The molecule has 2 N–H and O–H groups in total. The van der Waals surface area contributed by atoms with Crippen LogP contribution in [-0.4, -0.2) is 29.0 Å². The predicted octanol–water partition coefficient (Wildman–Crippen LogP) is 1.77. The molecule has 0 radical (unpaired) electrons. The van der Waals surface area contributed by atoms with E-state index < -0.39 is 0 Å². The Balaban J connectivity index is 1.51. The molecule has 0 unspecified atom stereocenters. The Morgan fingerprint density at radius 1 is 1.43 bits per heavy atom. The number of ether oxygens (including phenoxy) is 1. The molecule has 0 bridgehead atoms. The summed E-state index contributed by atoms with van der Waals surface area (Å²) in [7, 11) is 0. The van der Waals surface area contributed by atoms with Gasteiger partial charge in [-0.15, -0.1) is 0 Å². The normalized spacial score (nSPS) is 17.2. The van der Waals surface area contributed by atoms with Crippen molar-refractivity contribution in [2.24, 2.45) is 0 Å². The maximum Gasteiger partial charge on any atom is 0.222 e. The van der Waals surface area contributed by atoms with E-state index in [0.717, 1.165) is 17.8 Å². The number of imidazole rings is 1. The van der Waals surface area contributed by atoms with Gasteiger partial charge in [0.15, 0.2) is 0 Å². The highest BCUT2D eigenvalue weighted by Crippen LogP contribution is 2.29. The third kappa shape index (κ3) is 3.49. The zero-order valence-corrected chi connectivity index (χ0v) is 11.8. The molecule has 0 aliphatic carbocycles. The van der Waals surface area contributed by atoms with Gasteiger partial charge in [0, 0.05) is 25.4 Å². The zero-order valence-electron chi connectivity index (χ0n) is 11.8. The van der Waals surface area contributed by atoms with Crippen LogP contribution in [-0.2, 0) is 22.4 Å². The standard InChI is InChI=1S/C16H19N3O2/c20-16(19-7-5-15-17-8-9-18-15)11-14-13-4-2-1-3-12(13)6-10-21-14/h1-4,8-9,14H,5-7,10-11H2,(H,17,18)(H,19,20)/t14-/m1/s1. The summed E-state index contributed by atoms with van der Waals surface area (Å²) in [5.74, 6) is 0.901. The third-order valence-electron chi connectivity index (χ3n) is 3.70.